The molecule has 0 amide bonds. The third-order valence-corrected chi connectivity index (χ3v) is 12.7. The summed E-state index contributed by atoms with van der Waals surface area (Å²) in [7, 11) is 0. The summed E-state index contributed by atoms with van der Waals surface area (Å²) < 4.78 is 11.3. The molecular formula is C51H34N4OS. The molecule has 270 valence electrons. The Bertz CT molecular complexity index is 3320. The number of thiophene rings is 1. The van der Waals surface area contributed by atoms with Crippen LogP contribution in [-0.2, 0) is 0 Å². The number of hydrogen-bond acceptors (Lipinski definition) is 5. The number of nitrogens with one attached hydrogen (secondary N) is 2. The summed E-state index contributed by atoms with van der Waals surface area (Å²) >= 11 is 1.84. The SMILES string of the molecule is c1ccc(C2=NC(c3cccc4c3sc3cc(-c5ccc6oc7ccc(-n8c9ccccc9c9ccccc98)cc7c6c5)ccc34)NC(c3ccccc3)N2)cc1. The predicted octanol–water partition coefficient (Wildman–Crippen LogP) is 13.1. The van der Waals surface area contributed by atoms with Crippen LogP contribution in [0.1, 0.15) is 29.0 Å². The van der Waals surface area contributed by atoms with Crippen molar-refractivity contribution in [3.63, 3.8) is 0 Å². The summed E-state index contributed by atoms with van der Waals surface area (Å²) in [5.41, 5.74) is 11.0. The first-order valence-electron chi connectivity index (χ1n) is 19.3. The number of hydrogen-bond donors (Lipinski definition) is 2. The Hall–Kier alpha value is -6.99. The van der Waals surface area contributed by atoms with E-state index in [1.807, 2.05) is 17.4 Å². The van der Waals surface area contributed by atoms with Gasteiger partial charge in [-0.3, -0.25) is 5.32 Å². The first-order valence-corrected chi connectivity index (χ1v) is 20.2. The van der Waals surface area contributed by atoms with Gasteiger partial charge in [0.15, 0.2) is 0 Å². The molecule has 5 nitrogen and oxygen atoms in total. The smallest absolute Gasteiger partial charge is 0.135 e. The van der Waals surface area contributed by atoms with Gasteiger partial charge >= 0.3 is 0 Å². The summed E-state index contributed by atoms with van der Waals surface area (Å²) in [5.74, 6) is 0.887. The Labute approximate surface area is 332 Å². The second kappa shape index (κ2) is 12.8. The lowest BCUT2D eigenvalue weighted by Crippen LogP contribution is -2.44. The van der Waals surface area contributed by atoms with Crippen LogP contribution >= 0.6 is 11.3 Å². The van der Waals surface area contributed by atoms with Gasteiger partial charge in [0.1, 0.15) is 29.3 Å². The van der Waals surface area contributed by atoms with Gasteiger partial charge in [-0.2, -0.15) is 0 Å². The van der Waals surface area contributed by atoms with Crippen LogP contribution in [0.15, 0.2) is 191 Å². The highest BCUT2D eigenvalue weighted by molar-refractivity contribution is 7.26. The van der Waals surface area contributed by atoms with Crippen LogP contribution in [0.4, 0.5) is 0 Å². The molecule has 0 bridgehead atoms. The van der Waals surface area contributed by atoms with Gasteiger partial charge < -0.3 is 14.3 Å². The van der Waals surface area contributed by atoms with Gasteiger partial charge in [-0.05, 0) is 65.2 Å². The molecule has 4 heterocycles. The van der Waals surface area contributed by atoms with Crippen molar-refractivity contribution in [3.05, 3.63) is 199 Å². The van der Waals surface area contributed by atoms with E-state index in [1.165, 1.54) is 58.7 Å². The second-order valence-electron chi connectivity index (χ2n) is 14.8. The maximum absolute atomic E-state index is 6.41. The zero-order valence-electron chi connectivity index (χ0n) is 30.7. The minimum Gasteiger partial charge on any atom is -0.456 e. The lowest BCUT2D eigenvalue weighted by Gasteiger charge is -2.32. The highest BCUT2D eigenvalue weighted by atomic mass is 32.1. The zero-order chi connectivity index (χ0) is 37.5. The number of para-hydroxylation sites is 2. The standard InChI is InChI=1S/C51H34N4OS/c1-3-12-31(13-4-1)49-52-50(32-14-5-2-6-15-32)54-51(53-49)40-19-11-18-39-38-25-22-34(29-47(38)57-48(39)40)33-23-26-45-41(28-33)42-30-35(24-27-46(42)56-45)55-43-20-9-7-16-36(43)37-17-8-10-21-44(37)55/h1-30,49,51,53H,(H,52,54). The molecule has 0 saturated carbocycles. The van der Waals surface area contributed by atoms with Crippen LogP contribution in [-0.4, -0.2) is 10.4 Å². The Morgan fingerprint density at radius 3 is 1.95 bits per heavy atom. The van der Waals surface area contributed by atoms with Gasteiger partial charge in [0, 0.05) is 58.5 Å². The van der Waals surface area contributed by atoms with Crippen molar-refractivity contribution in [2.75, 3.05) is 0 Å². The van der Waals surface area contributed by atoms with E-state index in [4.69, 9.17) is 9.41 Å². The maximum atomic E-state index is 6.41. The molecule has 0 fully saturated rings. The second-order valence-corrected chi connectivity index (χ2v) is 15.9. The van der Waals surface area contributed by atoms with Gasteiger partial charge in [0.05, 0.1) is 11.0 Å². The summed E-state index contributed by atoms with van der Waals surface area (Å²) in [6.07, 6.45) is -0.320. The molecule has 11 aromatic rings. The third kappa shape index (κ3) is 5.22. The Morgan fingerprint density at radius 2 is 1.16 bits per heavy atom. The molecule has 0 spiro atoms. The largest absolute Gasteiger partial charge is 0.456 e. The number of nitrogens with zero attached hydrogens (tertiary/aromatic N) is 2. The molecule has 57 heavy (non-hydrogen) atoms. The number of fused-ring (bicyclic) bond motifs is 9. The van der Waals surface area contributed by atoms with E-state index in [2.05, 4.69) is 191 Å². The highest BCUT2D eigenvalue weighted by Crippen LogP contribution is 2.42. The third-order valence-electron chi connectivity index (χ3n) is 11.5. The first-order chi connectivity index (χ1) is 28.2. The van der Waals surface area contributed by atoms with Crippen LogP contribution in [0.25, 0.3) is 80.7 Å². The van der Waals surface area contributed by atoms with Crippen molar-refractivity contribution in [1.82, 2.24) is 15.2 Å². The number of aliphatic imine (C=N–C) groups is 1. The van der Waals surface area contributed by atoms with Crippen molar-refractivity contribution in [1.29, 1.82) is 0 Å². The molecule has 2 atom stereocenters. The Balaban J connectivity index is 0.952. The molecule has 6 heteroatoms. The molecule has 0 aliphatic carbocycles. The van der Waals surface area contributed by atoms with E-state index in [1.54, 1.807) is 0 Å². The topological polar surface area (TPSA) is 54.5 Å². The molecule has 1 aliphatic heterocycles. The normalized spacial score (nSPS) is 15.9. The van der Waals surface area contributed by atoms with Crippen LogP contribution in [0.2, 0.25) is 0 Å². The molecule has 1 aliphatic rings. The monoisotopic (exact) mass is 750 g/mol. The van der Waals surface area contributed by atoms with Crippen molar-refractivity contribution in [2.45, 2.75) is 12.3 Å². The van der Waals surface area contributed by atoms with Crippen LogP contribution in [0, 0.1) is 0 Å². The van der Waals surface area contributed by atoms with E-state index >= 15 is 0 Å². The zero-order valence-corrected chi connectivity index (χ0v) is 31.5. The molecule has 8 aromatic carbocycles. The molecular weight excluding hydrogens is 717 g/mol. The number of rotatable bonds is 5. The Kier molecular flexibility index (Phi) is 7.24. The summed E-state index contributed by atoms with van der Waals surface area (Å²) in [6, 6.07) is 64.9. The molecule has 12 rings (SSSR count). The average molecular weight is 751 g/mol. The van der Waals surface area contributed by atoms with Gasteiger partial charge in [-0.25, -0.2) is 4.99 Å². The average Bonchev–Trinajstić information content (AvgIpc) is 3.95. The van der Waals surface area contributed by atoms with Gasteiger partial charge in [0.2, 0.25) is 0 Å². The lowest BCUT2D eigenvalue weighted by molar-refractivity contribution is 0.411. The quantitative estimate of drug-likeness (QED) is 0.184. The lowest BCUT2D eigenvalue weighted by atomic mass is 10.0. The van der Waals surface area contributed by atoms with Crippen molar-refractivity contribution >= 4 is 81.1 Å². The number of benzene rings is 8. The summed E-state index contributed by atoms with van der Waals surface area (Å²) in [4.78, 5) is 5.27. The van der Waals surface area contributed by atoms with Gasteiger partial charge in [-0.1, -0.05) is 133 Å². The van der Waals surface area contributed by atoms with E-state index < -0.39 is 0 Å². The molecule has 3 aromatic heterocycles. The van der Waals surface area contributed by atoms with Gasteiger partial charge in [0.25, 0.3) is 0 Å². The molecule has 0 saturated heterocycles. The van der Waals surface area contributed by atoms with Gasteiger partial charge in [-0.15, -0.1) is 11.3 Å². The minimum absolute atomic E-state index is 0.0906. The number of furan rings is 1. The molecule has 0 radical (unpaired) electrons. The predicted molar refractivity (Wildman–Crippen MR) is 238 cm³/mol. The van der Waals surface area contributed by atoms with Crippen LogP contribution in [0.5, 0.6) is 0 Å². The Morgan fingerprint density at radius 1 is 0.509 bits per heavy atom. The van der Waals surface area contributed by atoms with Crippen LogP contribution in [0.3, 0.4) is 0 Å². The highest BCUT2D eigenvalue weighted by Gasteiger charge is 2.27. The van der Waals surface area contributed by atoms with E-state index in [0.29, 0.717) is 0 Å². The fourth-order valence-electron chi connectivity index (χ4n) is 8.78. The summed E-state index contributed by atoms with van der Waals surface area (Å²) in [6.45, 7) is 0. The molecule has 2 N–H and O–H groups in total. The molecule has 2 unspecified atom stereocenters. The fourth-order valence-corrected chi connectivity index (χ4v) is 10.1. The minimum atomic E-state index is -0.230. The number of amidine groups is 1. The van der Waals surface area contributed by atoms with Crippen molar-refractivity contribution < 1.29 is 4.42 Å². The fraction of sp³-hybridized carbons (Fsp3) is 0.0392. The van der Waals surface area contributed by atoms with Crippen LogP contribution < -0.4 is 10.6 Å². The first kappa shape index (κ1) is 32.3. The van der Waals surface area contributed by atoms with E-state index in [9.17, 15) is 0 Å². The van der Waals surface area contributed by atoms with Crippen molar-refractivity contribution in [3.8, 4) is 16.8 Å². The van der Waals surface area contributed by atoms with E-state index in [0.717, 1.165) is 44.6 Å². The maximum Gasteiger partial charge on any atom is 0.135 e. The van der Waals surface area contributed by atoms with E-state index in [-0.39, 0.29) is 12.3 Å². The van der Waals surface area contributed by atoms with Crippen molar-refractivity contribution in [2.24, 2.45) is 4.99 Å². The number of aromatic nitrogens is 1. The summed E-state index contributed by atoms with van der Waals surface area (Å²) in [5, 5.41) is 14.7.